The number of aromatic nitrogens is 2. The van der Waals surface area contributed by atoms with E-state index in [4.69, 9.17) is 22.1 Å². The van der Waals surface area contributed by atoms with Gasteiger partial charge in [0.05, 0.1) is 12.8 Å². The van der Waals surface area contributed by atoms with E-state index in [-0.39, 0.29) is 5.91 Å². The third-order valence-electron chi connectivity index (χ3n) is 2.73. The Morgan fingerprint density at radius 2 is 2.27 bits per heavy atom. The summed E-state index contributed by atoms with van der Waals surface area (Å²) in [5, 5.41) is 11.5. The Morgan fingerprint density at radius 3 is 2.91 bits per heavy atom. The zero-order chi connectivity index (χ0) is 16.1. The highest BCUT2D eigenvalue weighted by atomic mass is 35.5. The summed E-state index contributed by atoms with van der Waals surface area (Å²) >= 11 is 8.79. The summed E-state index contributed by atoms with van der Waals surface area (Å²) in [6.45, 7) is 1.87. The van der Waals surface area contributed by atoms with Crippen LogP contribution < -0.4 is 15.8 Å². The molecule has 22 heavy (non-hydrogen) atoms. The molecular formula is C13H15ClN4O2S2. The van der Waals surface area contributed by atoms with Crippen LogP contribution in [0.2, 0.25) is 5.02 Å². The van der Waals surface area contributed by atoms with E-state index < -0.39 is 0 Å². The summed E-state index contributed by atoms with van der Waals surface area (Å²) in [6.07, 6.45) is 0.342. The number of anilines is 2. The summed E-state index contributed by atoms with van der Waals surface area (Å²) < 4.78 is 5.98. The number of aryl methyl sites for hydroxylation is 1. The van der Waals surface area contributed by atoms with Gasteiger partial charge in [0.2, 0.25) is 11.0 Å². The first kappa shape index (κ1) is 16.9. The number of nitrogens with zero attached hydrogens (tertiary/aromatic N) is 2. The van der Waals surface area contributed by atoms with Gasteiger partial charge in [-0.1, -0.05) is 34.7 Å². The van der Waals surface area contributed by atoms with Gasteiger partial charge in [-0.05, 0) is 18.6 Å². The number of methoxy groups -OCH3 is 1. The van der Waals surface area contributed by atoms with Crippen molar-refractivity contribution in [2.45, 2.75) is 17.7 Å². The molecule has 0 saturated carbocycles. The first-order chi connectivity index (χ1) is 10.5. The van der Waals surface area contributed by atoms with Crippen LogP contribution in [0.3, 0.4) is 0 Å². The van der Waals surface area contributed by atoms with Gasteiger partial charge in [-0.25, -0.2) is 0 Å². The van der Waals surface area contributed by atoms with Crippen LogP contribution in [0.4, 0.5) is 10.8 Å². The molecule has 1 amide bonds. The number of benzene rings is 1. The van der Waals surface area contributed by atoms with E-state index >= 15 is 0 Å². The van der Waals surface area contributed by atoms with E-state index in [9.17, 15) is 4.79 Å². The van der Waals surface area contributed by atoms with Crippen LogP contribution in [-0.2, 0) is 4.79 Å². The van der Waals surface area contributed by atoms with Crippen molar-refractivity contribution in [3.8, 4) is 5.75 Å². The molecule has 0 aliphatic carbocycles. The summed E-state index contributed by atoms with van der Waals surface area (Å²) in [7, 11) is 1.53. The van der Waals surface area contributed by atoms with Crippen LogP contribution in [0.5, 0.6) is 5.75 Å². The normalized spacial score (nSPS) is 10.5. The van der Waals surface area contributed by atoms with Crippen LogP contribution in [-0.4, -0.2) is 29.0 Å². The zero-order valence-electron chi connectivity index (χ0n) is 12.1. The maximum Gasteiger partial charge on any atom is 0.225 e. The molecule has 6 nitrogen and oxygen atoms in total. The van der Waals surface area contributed by atoms with Gasteiger partial charge in [0.1, 0.15) is 5.75 Å². The molecule has 3 N–H and O–H groups in total. The highest BCUT2D eigenvalue weighted by Crippen LogP contribution is 2.31. The van der Waals surface area contributed by atoms with E-state index in [0.29, 0.717) is 33.8 Å². The molecular weight excluding hydrogens is 344 g/mol. The van der Waals surface area contributed by atoms with Crippen LogP contribution in [0.15, 0.2) is 16.5 Å². The standard InChI is InChI=1S/C13H15ClN4O2S2/c1-7-5-9(10(20-2)6-8(7)14)16-11(19)3-4-21-13-18-17-12(15)22-13/h5-6H,3-4H2,1-2H3,(H2,15,17)(H,16,19). The number of rotatable bonds is 6. The second kappa shape index (κ2) is 7.66. The number of carbonyl (C=O) groups is 1. The van der Waals surface area contributed by atoms with Crippen molar-refractivity contribution >= 4 is 51.4 Å². The minimum absolute atomic E-state index is 0.106. The molecule has 2 rings (SSSR count). The van der Waals surface area contributed by atoms with Crippen LogP contribution in [0.1, 0.15) is 12.0 Å². The lowest BCUT2D eigenvalue weighted by Gasteiger charge is -2.12. The van der Waals surface area contributed by atoms with E-state index in [1.807, 2.05) is 6.92 Å². The van der Waals surface area contributed by atoms with Crippen LogP contribution >= 0.6 is 34.7 Å². The number of hydrogen-bond donors (Lipinski definition) is 2. The third-order valence-corrected chi connectivity index (χ3v) is 5.03. The molecule has 1 heterocycles. The van der Waals surface area contributed by atoms with Crippen LogP contribution in [0.25, 0.3) is 0 Å². The number of ether oxygens (including phenoxy) is 1. The van der Waals surface area contributed by atoms with Gasteiger partial charge in [-0.2, -0.15) is 0 Å². The van der Waals surface area contributed by atoms with E-state index in [1.54, 1.807) is 12.1 Å². The number of halogens is 1. The van der Waals surface area contributed by atoms with Crippen molar-refractivity contribution in [1.29, 1.82) is 0 Å². The van der Waals surface area contributed by atoms with Gasteiger partial charge in [-0.15, -0.1) is 10.2 Å². The minimum atomic E-state index is -0.106. The molecule has 9 heteroatoms. The smallest absolute Gasteiger partial charge is 0.225 e. The fourth-order valence-electron chi connectivity index (χ4n) is 1.65. The van der Waals surface area contributed by atoms with Crippen molar-refractivity contribution < 1.29 is 9.53 Å². The number of amides is 1. The number of hydrogen-bond acceptors (Lipinski definition) is 7. The van der Waals surface area contributed by atoms with Gasteiger partial charge < -0.3 is 15.8 Å². The van der Waals surface area contributed by atoms with E-state index in [0.717, 1.165) is 9.90 Å². The SMILES string of the molecule is COc1cc(Cl)c(C)cc1NC(=O)CCSc1nnc(N)s1. The van der Waals surface area contributed by atoms with Crippen molar-refractivity contribution in [2.24, 2.45) is 0 Å². The number of carbonyl (C=O) groups excluding carboxylic acids is 1. The van der Waals surface area contributed by atoms with Crippen molar-refractivity contribution in [1.82, 2.24) is 10.2 Å². The number of nitrogens with one attached hydrogen (secondary N) is 1. The molecule has 0 fully saturated rings. The maximum atomic E-state index is 12.0. The molecule has 0 aliphatic heterocycles. The molecule has 118 valence electrons. The number of nitrogen functional groups attached to an aromatic ring is 1. The Hall–Kier alpha value is -1.51. The zero-order valence-corrected chi connectivity index (χ0v) is 14.4. The van der Waals surface area contributed by atoms with Crippen molar-refractivity contribution in [3.05, 3.63) is 22.7 Å². The van der Waals surface area contributed by atoms with Gasteiger partial charge in [0.15, 0.2) is 4.34 Å². The van der Waals surface area contributed by atoms with E-state index in [1.165, 1.54) is 30.2 Å². The summed E-state index contributed by atoms with van der Waals surface area (Å²) in [5.74, 6) is 1.02. The lowest BCUT2D eigenvalue weighted by molar-refractivity contribution is -0.115. The molecule has 1 aromatic heterocycles. The van der Waals surface area contributed by atoms with E-state index in [2.05, 4.69) is 15.5 Å². The molecule has 0 aliphatic rings. The fraction of sp³-hybridized carbons (Fsp3) is 0.308. The van der Waals surface area contributed by atoms with Gasteiger partial charge in [-0.3, -0.25) is 4.79 Å². The molecule has 0 bridgehead atoms. The molecule has 0 unspecified atom stereocenters. The first-order valence-electron chi connectivity index (χ1n) is 6.35. The topological polar surface area (TPSA) is 90.1 Å². The van der Waals surface area contributed by atoms with Crippen LogP contribution in [0, 0.1) is 6.92 Å². The largest absolute Gasteiger partial charge is 0.495 e. The first-order valence-corrected chi connectivity index (χ1v) is 8.53. The Labute approximate surface area is 141 Å². The second-order valence-corrected chi connectivity index (χ2v) is 7.11. The lowest BCUT2D eigenvalue weighted by atomic mass is 10.2. The fourth-order valence-corrected chi connectivity index (χ4v) is 3.45. The third kappa shape index (κ3) is 4.49. The van der Waals surface area contributed by atoms with Gasteiger partial charge >= 0.3 is 0 Å². The predicted molar refractivity (Wildman–Crippen MR) is 91.0 cm³/mol. The Kier molecular flexibility index (Phi) is 5.87. The van der Waals surface area contributed by atoms with Gasteiger partial charge in [0, 0.05) is 23.3 Å². The maximum absolute atomic E-state index is 12.0. The molecule has 0 atom stereocenters. The quantitative estimate of drug-likeness (QED) is 0.770. The Bertz CT molecular complexity index is 678. The average molecular weight is 359 g/mol. The number of thioether (sulfide) groups is 1. The molecule has 1 aromatic carbocycles. The highest BCUT2D eigenvalue weighted by Gasteiger charge is 2.11. The second-order valence-electron chi connectivity index (χ2n) is 4.35. The summed E-state index contributed by atoms with van der Waals surface area (Å²) in [4.78, 5) is 12.0. The molecule has 0 saturated heterocycles. The Morgan fingerprint density at radius 1 is 1.50 bits per heavy atom. The molecule has 2 aromatic rings. The molecule has 0 radical (unpaired) electrons. The average Bonchev–Trinajstić information content (AvgIpc) is 2.88. The van der Waals surface area contributed by atoms with Crippen molar-refractivity contribution in [2.75, 3.05) is 23.9 Å². The summed E-state index contributed by atoms with van der Waals surface area (Å²) in [5.41, 5.74) is 6.98. The predicted octanol–water partition coefficient (Wildman–Crippen LogP) is 3.21. The lowest BCUT2D eigenvalue weighted by Crippen LogP contribution is -2.13. The summed E-state index contributed by atoms with van der Waals surface area (Å²) in [6, 6.07) is 3.48. The van der Waals surface area contributed by atoms with Crippen molar-refractivity contribution in [3.63, 3.8) is 0 Å². The minimum Gasteiger partial charge on any atom is -0.495 e. The highest BCUT2D eigenvalue weighted by molar-refractivity contribution is 8.01. The molecule has 0 spiro atoms. The van der Waals surface area contributed by atoms with Gasteiger partial charge in [0.25, 0.3) is 0 Å². The Balaban J connectivity index is 1.90. The number of nitrogens with two attached hydrogens (primary N) is 1. The monoisotopic (exact) mass is 358 g/mol.